The maximum absolute atomic E-state index is 13.7. The molecular formula is C16H16FN3O. The van der Waals surface area contributed by atoms with Crippen molar-refractivity contribution in [3.05, 3.63) is 47.3 Å². The van der Waals surface area contributed by atoms with Crippen LogP contribution in [0.5, 0.6) is 5.75 Å². The molecule has 2 aromatic carbocycles. The first-order chi connectivity index (χ1) is 10.0. The fourth-order valence-electron chi connectivity index (χ4n) is 1.91. The van der Waals surface area contributed by atoms with Crippen molar-refractivity contribution in [2.24, 2.45) is 0 Å². The second-order valence-electron chi connectivity index (χ2n) is 4.57. The minimum Gasteiger partial charge on any atom is -0.491 e. The quantitative estimate of drug-likeness (QED) is 0.840. The topological polar surface area (TPSA) is 71.1 Å². The van der Waals surface area contributed by atoms with E-state index in [1.165, 1.54) is 12.1 Å². The zero-order valence-electron chi connectivity index (χ0n) is 11.9. The Morgan fingerprint density at radius 2 is 2.05 bits per heavy atom. The number of rotatable bonds is 4. The van der Waals surface area contributed by atoms with Gasteiger partial charge in [-0.25, -0.2) is 4.39 Å². The lowest BCUT2D eigenvalue weighted by Gasteiger charge is -2.14. The summed E-state index contributed by atoms with van der Waals surface area (Å²) in [6.45, 7) is 4.05. The molecule has 0 saturated heterocycles. The number of hydrogen-bond acceptors (Lipinski definition) is 4. The molecule has 108 valence electrons. The second kappa shape index (κ2) is 6.14. The van der Waals surface area contributed by atoms with Crippen molar-refractivity contribution in [2.45, 2.75) is 13.8 Å². The molecule has 21 heavy (non-hydrogen) atoms. The Labute approximate surface area is 123 Å². The monoisotopic (exact) mass is 285 g/mol. The van der Waals surface area contributed by atoms with Gasteiger partial charge in [-0.15, -0.1) is 0 Å². The Balaban J connectivity index is 2.39. The van der Waals surface area contributed by atoms with Crippen LogP contribution in [0.15, 0.2) is 30.3 Å². The SMILES string of the molecule is CCOc1cc(Nc2cc(C#N)ccc2C)c(N)cc1F. The molecule has 0 aliphatic heterocycles. The summed E-state index contributed by atoms with van der Waals surface area (Å²) in [5.74, 6) is -0.356. The van der Waals surface area contributed by atoms with Gasteiger partial charge in [0.1, 0.15) is 0 Å². The van der Waals surface area contributed by atoms with E-state index in [0.29, 0.717) is 17.9 Å². The van der Waals surface area contributed by atoms with E-state index in [4.69, 9.17) is 15.7 Å². The van der Waals surface area contributed by atoms with Crippen molar-refractivity contribution >= 4 is 17.1 Å². The first-order valence-electron chi connectivity index (χ1n) is 6.54. The van der Waals surface area contributed by atoms with Crippen LogP contribution in [-0.4, -0.2) is 6.61 Å². The van der Waals surface area contributed by atoms with Gasteiger partial charge < -0.3 is 15.8 Å². The van der Waals surface area contributed by atoms with Gasteiger partial charge in [-0.1, -0.05) is 6.07 Å². The van der Waals surface area contributed by atoms with Gasteiger partial charge in [0, 0.05) is 17.8 Å². The molecule has 5 heteroatoms. The van der Waals surface area contributed by atoms with Crippen molar-refractivity contribution in [1.82, 2.24) is 0 Å². The molecule has 0 spiro atoms. The van der Waals surface area contributed by atoms with E-state index in [1.54, 1.807) is 19.1 Å². The maximum Gasteiger partial charge on any atom is 0.167 e. The van der Waals surface area contributed by atoms with Gasteiger partial charge in [0.25, 0.3) is 0 Å². The third-order valence-corrected chi connectivity index (χ3v) is 3.04. The molecule has 2 rings (SSSR count). The highest BCUT2D eigenvalue weighted by atomic mass is 19.1. The van der Waals surface area contributed by atoms with E-state index in [0.717, 1.165) is 11.3 Å². The van der Waals surface area contributed by atoms with Crippen LogP contribution in [0, 0.1) is 24.1 Å². The highest BCUT2D eigenvalue weighted by Crippen LogP contribution is 2.31. The van der Waals surface area contributed by atoms with E-state index in [2.05, 4.69) is 11.4 Å². The van der Waals surface area contributed by atoms with Crippen molar-refractivity contribution in [3.63, 3.8) is 0 Å². The minimum absolute atomic E-state index is 0.142. The Morgan fingerprint density at radius 3 is 2.71 bits per heavy atom. The minimum atomic E-state index is -0.498. The number of nitrogens with zero attached hydrogens (tertiary/aromatic N) is 1. The Hall–Kier alpha value is -2.74. The van der Waals surface area contributed by atoms with Crippen LogP contribution in [0.3, 0.4) is 0 Å². The average Bonchev–Trinajstić information content (AvgIpc) is 2.46. The number of ether oxygens (including phenoxy) is 1. The molecule has 0 aliphatic rings. The van der Waals surface area contributed by atoms with Crippen molar-refractivity contribution in [1.29, 1.82) is 5.26 Å². The summed E-state index contributed by atoms with van der Waals surface area (Å²) in [5.41, 5.74) is 8.88. The molecule has 0 atom stereocenters. The normalized spacial score (nSPS) is 10.0. The number of nitrogen functional groups attached to an aromatic ring is 1. The fraction of sp³-hybridized carbons (Fsp3) is 0.188. The summed E-state index contributed by atoms with van der Waals surface area (Å²) < 4.78 is 18.9. The van der Waals surface area contributed by atoms with Crippen molar-refractivity contribution < 1.29 is 9.13 Å². The molecule has 0 aromatic heterocycles. The number of nitriles is 1. The first-order valence-corrected chi connectivity index (χ1v) is 6.54. The molecule has 0 aliphatic carbocycles. The third-order valence-electron chi connectivity index (χ3n) is 3.04. The predicted molar refractivity (Wildman–Crippen MR) is 81.2 cm³/mol. The molecule has 0 unspecified atom stereocenters. The molecule has 0 heterocycles. The summed E-state index contributed by atoms with van der Waals surface area (Å²) in [6.07, 6.45) is 0. The fourth-order valence-corrected chi connectivity index (χ4v) is 1.91. The molecule has 2 aromatic rings. The Bertz CT molecular complexity index is 707. The Kier molecular flexibility index (Phi) is 4.29. The van der Waals surface area contributed by atoms with E-state index in [9.17, 15) is 4.39 Å². The van der Waals surface area contributed by atoms with Gasteiger partial charge in [0.05, 0.1) is 29.6 Å². The maximum atomic E-state index is 13.7. The summed E-state index contributed by atoms with van der Waals surface area (Å²) in [5, 5.41) is 12.1. The van der Waals surface area contributed by atoms with Crippen LogP contribution >= 0.6 is 0 Å². The molecular weight excluding hydrogens is 269 g/mol. The highest BCUT2D eigenvalue weighted by molar-refractivity contribution is 5.76. The second-order valence-corrected chi connectivity index (χ2v) is 4.57. The summed E-state index contributed by atoms with van der Waals surface area (Å²) >= 11 is 0. The molecule has 3 N–H and O–H groups in total. The van der Waals surface area contributed by atoms with E-state index >= 15 is 0 Å². The average molecular weight is 285 g/mol. The summed E-state index contributed by atoms with van der Waals surface area (Å²) in [6, 6.07) is 10.1. The number of halogens is 1. The molecule has 0 fully saturated rings. The number of hydrogen-bond donors (Lipinski definition) is 2. The number of nitrogens with two attached hydrogens (primary N) is 1. The lowest BCUT2D eigenvalue weighted by molar-refractivity contribution is 0.322. The van der Waals surface area contributed by atoms with Gasteiger partial charge in [-0.05, 0) is 31.5 Å². The summed E-state index contributed by atoms with van der Waals surface area (Å²) in [4.78, 5) is 0. The highest BCUT2D eigenvalue weighted by Gasteiger charge is 2.10. The van der Waals surface area contributed by atoms with Gasteiger partial charge in [0.15, 0.2) is 11.6 Å². The standard InChI is InChI=1S/C16H16FN3O/c1-3-21-16-8-15(13(19)7-12(16)17)20-14-6-11(9-18)5-4-10(14)2/h4-8,20H,3,19H2,1-2H3. The smallest absolute Gasteiger partial charge is 0.167 e. The van der Waals surface area contributed by atoms with Crippen molar-refractivity contribution in [3.8, 4) is 11.8 Å². The van der Waals surface area contributed by atoms with E-state index in [1.807, 2.05) is 13.0 Å². The third kappa shape index (κ3) is 3.23. The predicted octanol–water partition coefficient (Wildman–Crippen LogP) is 3.73. The van der Waals surface area contributed by atoms with Crippen molar-refractivity contribution in [2.75, 3.05) is 17.7 Å². The van der Waals surface area contributed by atoms with Gasteiger partial charge in [-0.3, -0.25) is 0 Å². The molecule has 4 nitrogen and oxygen atoms in total. The zero-order chi connectivity index (χ0) is 15.4. The molecule has 0 radical (unpaired) electrons. The Morgan fingerprint density at radius 1 is 1.29 bits per heavy atom. The first kappa shape index (κ1) is 14.7. The molecule has 0 amide bonds. The molecule has 0 bridgehead atoms. The van der Waals surface area contributed by atoms with Gasteiger partial charge >= 0.3 is 0 Å². The summed E-state index contributed by atoms with van der Waals surface area (Å²) in [7, 11) is 0. The number of anilines is 3. The van der Waals surface area contributed by atoms with Crippen LogP contribution in [0.4, 0.5) is 21.5 Å². The zero-order valence-corrected chi connectivity index (χ0v) is 11.9. The van der Waals surface area contributed by atoms with Crippen LogP contribution in [0.2, 0.25) is 0 Å². The number of nitrogens with one attached hydrogen (secondary N) is 1. The van der Waals surface area contributed by atoms with Crippen LogP contribution in [0.1, 0.15) is 18.1 Å². The van der Waals surface area contributed by atoms with Crippen LogP contribution < -0.4 is 15.8 Å². The van der Waals surface area contributed by atoms with Crippen LogP contribution in [0.25, 0.3) is 0 Å². The van der Waals surface area contributed by atoms with Gasteiger partial charge in [-0.2, -0.15) is 5.26 Å². The van der Waals surface area contributed by atoms with Gasteiger partial charge in [0.2, 0.25) is 0 Å². The number of benzene rings is 2. The van der Waals surface area contributed by atoms with E-state index < -0.39 is 5.82 Å². The van der Waals surface area contributed by atoms with Crippen LogP contribution in [-0.2, 0) is 0 Å². The number of aryl methyl sites for hydroxylation is 1. The lowest BCUT2D eigenvalue weighted by Crippen LogP contribution is -2.02. The van der Waals surface area contributed by atoms with E-state index in [-0.39, 0.29) is 11.4 Å². The lowest BCUT2D eigenvalue weighted by atomic mass is 10.1. The molecule has 0 saturated carbocycles. The largest absolute Gasteiger partial charge is 0.491 e.